The molecule has 1 amide bonds. The molecule has 1 aromatic heterocycles. The van der Waals surface area contributed by atoms with E-state index in [0.717, 1.165) is 60.4 Å². The van der Waals surface area contributed by atoms with Gasteiger partial charge in [0.05, 0.1) is 30.2 Å². The Morgan fingerprint density at radius 3 is 2.59 bits per heavy atom. The first-order valence-corrected chi connectivity index (χ1v) is 15.7. The molecule has 0 bridgehead atoms. The Morgan fingerprint density at radius 2 is 1.87 bits per heavy atom. The summed E-state index contributed by atoms with van der Waals surface area (Å²) in [5.74, 6) is 2.76. The van der Waals surface area contributed by atoms with Crippen LogP contribution in [0.4, 0.5) is 17.3 Å². The number of benzene rings is 1. The highest BCUT2D eigenvalue weighted by molar-refractivity contribution is 7.90. The maximum atomic E-state index is 12.3. The molecule has 0 aliphatic carbocycles. The average molecular weight is 557 g/mol. The van der Waals surface area contributed by atoms with E-state index in [-0.39, 0.29) is 24.2 Å². The van der Waals surface area contributed by atoms with E-state index in [4.69, 9.17) is 9.47 Å². The Hall–Kier alpha value is -2.96. The van der Waals surface area contributed by atoms with Crippen molar-refractivity contribution in [2.75, 3.05) is 74.7 Å². The van der Waals surface area contributed by atoms with Crippen molar-refractivity contribution < 1.29 is 22.7 Å². The number of amides is 1. The number of rotatable bonds is 6. The summed E-state index contributed by atoms with van der Waals surface area (Å²) in [4.78, 5) is 27.9. The first kappa shape index (κ1) is 26.3. The van der Waals surface area contributed by atoms with E-state index >= 15 is 0 Å². The molecule has 210 valence electrons. The Kier molecular flexibility index (Phi) is 6.88. The van der Waals surface area contributed by atoms with Gasteiger partial charge >= 0.3 is 0 Å². The van der Waals surface area contributed by atoms with Gasteiger partial charge in [-0.3, -0.25) is 9.69 Å². The van der Waals surface area contributed by atoms with E-state index in [0.29, 0.717) is 38.3 Å². The SMILES string of the molecule is Cc1cc(C2CN(C3CN(C(=O)CCS(C)(=O)=O)C3)C2)cc2c1OC(C)c1c(ncnc1N1CCOCC1)N2. The number of sulfone groups is 1. The Bertz CT molecular complexity index is 1370. The van der Waals surface area contributed by atoms with Gasteiger partial charge in [0.2, 0.25) is 5.91 Å². The normalized spacial score (nSPS) is 22.1. The lowest BCUT2D eigenvalue weighted by molar-refractivity contribution is -0.139. The van der Waals surface area contributed by atoms with Gasteiger partial charge in [-0.15, -0.1) is 0 Å². The van der Waals surface area contributed by atoms with Crippen molar-refractivity contribution in [1.82, 2.24) is 19.8 Å². The maximum absolute atomic E-state index is 12.3. The molecule has 12 heteroatoms. The van der Waals surface area contributed by atoms with Gasteiger partial charge in [-0.25, -0.2) is 18.4 Å². The lowest BCUT2D eigenvalue weighted by atomic mass is 9.87. The van der Waals surface area contributed by atoms with Crippen LogP contribution in [-0.4, -0.2) is 105 Å². The van der Waals surface area contributed by atoms with Crippen molar-refractivity contribution in [2.24, 2.45) is 0 Å². The fraction of sp³-hybridized carbons (Fsp3) is 0.593. The first-order chi connectivity index (χ1) is 18.7. The minimum atomic E-state index is -3.12. The number of nitrogens with zero attached hydrogens (tertiary/aromatic N) is 5. The fourth-order valence-corrected chi connectivity index (χ4v) is 6.43. The zero-order valence-corrected chi connectivity index (χ0v) is 23.5. The van der Waals surface area contributed by atoms with Crippen LogP contribution in [0.25, 0.3) is 0 Å². The molecule has 4 aliphatic heterocycles. The number of nitrogens with one attached hydrogen (secondary N) is 1. The lowest BCUT2D eigenvalue weighted by Crippen LogP contribution is -2.65. The molecule has 3 fully saturated rings. The van der Waals surface area contributed by atoms with Crippen LogP contribution < -0.4 is 15.0 Å². The molecule has 39 heavy (non-hydrogen) atoms. The first-order valence-electron chi connectivity index (χ1n) is 13.6. The van der Waals surface area contributed by atoms with Gasteiger partial charge in [0.15, 0.2) is 0 Å². The number of hydrogen-bond acceptors (Lipinski definition) is 10. The second-order valence-corrected chi connectivity index (χ2v) is 13.4. The summed E-state index contributed by atoms with van der Waals surface area (Å²) in [6.45, 7) is 10.3. The summed E-state index contributed by atoms with van der Waals surface area (Å²) in [6.07, 6.45) is 2.64. The third kappa shape index (κ3) is 5.29. The minimum Gasteiger partial charge on any atom is -0.483 e. The van der Waals surface area contributed by atoms with Crippen molar-refractivity contribution in [3.05, 3.63) is 35.2 Å². The molecule has 5 heterocycles. The van der Waals surface area contributed by atoms with Crippen LogP contribution in [0.5, 0.6) is 5.75 Å². The van der Waals surface area contributed by atoms with E-state index in [1.165, 1.54) is 11.8 Å². The zero-order chi connectivity index (χ0) is 27.3. The van der Waals surface area contributed by atoms with Crippen LogP contribution in [0.2, 0.25) is 0 Å². The maximum Gasteiger partial charge on any atom is 0.223 e. The van der Waals surface area contributed by atoms with E-state index in [1.54, 1.807) is 11.2 Å². The predicted molar refractivity (Wildman–Crippen MR) is 148 cm³/mol. The summed E-state index contributed by atoms with van der Waals surface area (Å²) in [5, 5.41) is 3.56. The number of hydrogen-bond donors (Lipinski definition) is 1. The van der Waals surface area contributed by atoms with Crippen molar-refractivity contribution in [2.45, 2.75) is 38.3 Å². The molecule has 11 nitrogen and oxygen atoms in total. The van der Waals surface area contributed by atoms with Gasteiger partial charge in [-0.05, 0) is 31.0 Å². The molecule has 1 atom stereocenters. The van der Waals surface area contributed by atoms with Crippen LogP contribution >= 0.6 is 0 Å². The Balaban J connectivity index is 1.12. The number of carbonyl (C=O) groups is 1. The molecule has 0 radical (unpaired) electrons. The largest absolute Gasteiger partial charge is 0.483 e. The van der Waals surface area contributed by atoms with Crippen molar-refractivity contribution in [1.29, 1.82) is 0 Å². The van der Waals surface area contributed by atoms with Gasteiger partial charge in [0.1, 0.15) is 39.7 Å². The van der Waals surface area contributed by atoms with E-state index in [1.807, 2.05) is 6.92 Å². The van der Waals surface area contributed by atoms with Gasteiger partial charge in [0.25, 0.3) is 0 Å². The second kappa shape index (κ2) is 10.2. The second-order valence-electron chi connectivity index (χ2n) is 11.1. The minimum absolute atomic E-state index is 0.0677. The van der Waals surface area contributed by atoms with Crippen LogP contribution in [0, 0.1) is 6.92 Å². The van der Waals surface area contributed by atoms with E-state index in [2.05, 4.69) is 44.1 Å². The number of fused-ring (bicyclic) bond motifs is 2. The van der Waals surface area contributed by atoms with Crippen LogP contribution in [-0.2, 0) is 19.4 Å². The standard InChI is InChI=1S/C27H36N6O5S/c1-17-10-19(20-12-32(13-20)21-14-33(15-21)23(34)4-9-39(3,35)36)11-22-25(17)38-18(2)24-26(30-22)28-16-29-27(24)31-5-7-37-8-6-31/h10-11,16,18,20-21H,4-9,12-15H2,1-3H3,(H,28,29,30). The summed E-state index contributed by atoms with van der Waals surface area (Å²) < 4.78 is 34.7. The predicted octanol–water partition coefficient (Wildman–Crippen LogP) is 1.86. The molecule has 0 saturated carbocycles. The molecule has 3 saturated heterocycles. The Morgan fingerprint density at radius 1 is 1.13 bits per heavy atom. The summed E-state index contributed by atoms with van der Waals surface area (Å²) >= 11 is 0. The number of ether oxygens (including phenoxy) is 2. The zero-order valence-electron chi connectivity index (χ0n) is 22.7. The molecule has 6 rings (SSSR count). The van der Waals surface area contributed by atoms with Gasteiger partial charge in [-0.2, -0.15) is 0 Å². The van der Waals surface area contributed by atoms with Gasteiger partial charge in [-0.1, -0.05) is 6.07 Å². The highest BCUT2D eigenvalue weighted by Gasteiger charge is 2.41. The third-order valence-electron chi connectivity index (χ3n) is 8.22. The number of anilines is 3. The summed E-state index contributed by atoms with van der Waals surface area (Å²) in [6, 6.07) is 4.75. The average Bonchev–Trinajstić information content (AvgIpc) is 2.99. The highest BCUT2D eigenvalue weighted by Crippen LogP contribution is 2.45. The number of aryl methyl sites for hydroxylation is 1. The van der Waals surface area contributed by atoms with Gasteiger partial charge < -0.3 is 24.6 Å². The molecule has 2 aromatic rings. The quantitative estimate of drug-likeness (QED) is 0.565. The number of likely N-dealkylation sites (tertiary alicyclic amines) is 2. The molecule has 1 unspecified atom stereocenters. The fourth-order valence-electron chi connectivity index (χ4n) is 5.88. The molecule has 1 aromatic carbocycles. The smallest absolute Gasteiger partial charge is 0.223 e. The van der Waals surface area contributed by atoms with Crippen LogP contribution in [0.15, 0.2) is 18.5 Å². The molecular weight excluding hydrogens is 520 g/mol. The van der Waals surface area contributed by atoms with E-state index < -0.39 is 9.84 Å². The molecular formula is C27H36N6O5S. The van der Waals surface area contributed by atoms with Crippen molar-refractivity contribution in [3.63, 3.8) is 0 Å². The highest BCUT2D eigenvalue weighted by atomic mass is 32.2. The molecule has 4 aliphatic rings. The molecule has 0 spiro atoms. The van der Waals surface area contributed by atoms with Gasteiger partial charge in [0, 0.05) is 63.9 Å². The van der Waals surface area contributed by atoms with Crippen molar-refractivity contribution >= 4 is 33.1 Å². The topological polar surface area (TPSA) is 117 Å². The van der Waals surface area contributed by atoms with Crippen LogP contribution in [0.1, 0.15) is 42.1 Å². The number of morpholine rings is 1. The lowest BCUT2D eigenvalue weighted by Gasteiger charge is -2.52. The Labute approximate surface area is 229 Å². The summed E-state index contributed by atoms with van der Waals surface area (Å²) in [7, 11) is -3.12. The third-order valence-corrected chi connectivity index (χ3v) is 9.17. The van der Waals surface area contributed by atoms with Crippen molar-refractivity contribution in [3.8, 4) is 5.75 Å². The van der Waals surface area contributed by atoms with E-state index in [9.17, 15) is 13.2 Å². The number of carbonyl (C=O) groups excluding carboxylic acids is 1. The monoisotopic (exact) mass is 556 g/mol. The summed E-state index contributed by atoms with van der Waals surface area (Å²) in [5.41, 5.74) is 4.23. The molecule has 1 N–H and O–H groups in total. The van der Waals surface area contributed by atoms with Crippen LogP contribution in [0.3, 0.4) is 0 Å². The number of aromatic nitrogens is 2.